The molecule has 53 heavy (non-hydrogen) atoms. The number of nitrogens with one attached hydrogen (secondary N) is 1. The zero-order valence-electron chi connectivity index (χ0n) is 28.8. The molecule has 0 bridgehead atoms. The predicted molar refractivity (Wildman–Crippen MR) is 192 cm³/mol. The van der Waals surface area contributed by atoms with Crippen molar-refractivity contribution < 1.29 is 47.2 Å². The Bertz CT molecular complexity index is 1910. The second kappa shape index (κ2) is 16.5. The smallest absolute Gasteiger partial charge is 0.471 e. The average molecular weight is 749 g/mol. The number of benzene rings is 4. The SMILES string of the molecule is C[C@@H]1[C@H](CSc2ccc(C(=O)O)cc2)O[C@H](c2ccc(-c3cccc(CNC(=O)[C@@H]4CCCN4C(=O)C(F)(F)F)c3)cc2)O[C@@H]1c1ccc(CO)cc1. The van der Waals surface area contributed by atoms with E-state index in [1.165, 1.54) is 0 Å². The van der Waals surface area contributed by atoms with Crippen LogP contribution in [0.5, 0.6) is 0 Å². The lowest BCUT2D eigenvalue weighted by Gasteiger charge is -2.41. The molecular formula is C40H39F3N2O7S. The van der Waals surface area contributed by atoms with Crippen molar-refractivity contribution in [2.24, 2.45) is 5.92 Å². The maximum atomic E-state index is 13.0. The summed E-state index contributed by atoms with van der Waals surface area (Å²) < 4.78 is 52.2. The quantitative estimate of drug-likeness (QED) is 0.137. The first-order chi connectivity index (χ1) is 25.4. The van der Waals surface area contributed by atoms with Gasteiger partial charge in [0.15, 0.2) is 6.29 Å². The summed E-state index contributed by atoms with van der Waals surface area (Å²) in [5.74, 6) is -3.04. The topological polar surface area (TPSA) is 125 Å². The van der Waals surface area contributed by atoms with Crippen LogP contribution in [-0.4, -0.2) is 63.5 Å². The highest BCUT2D eigenvalue weighted by Crippen LogP contribution is 2.43. The molecule has 2 heterocycles. The normalized spacial score (nSPS) is 21.7. The van der Waals surface area contributed by atoms with E-state index in [1.54, 1.807) is 36.0 Å². The monoisotopic (exact) mass is 748 g/mol. The number of aromatic carboxylic acids is 1. The van der Waals surface area contributed by atoms with Gasteiger partial charge in [0.2, 0.25) is 5.91 Å². The van der Waals surface area contributed by atoms with Gasteiger partial charge in [0.05, 0.1) is 24.4 Å². The maximum absolute atomic E-state index is 13.0. The highest BCUT2D eigenvalue weighted by Gasteiger charge is 2.47. The van der Waals surface area contributed by atoms with Gasteiger partial charge in [-0.15, -0.1) is 11.8 Å². The summed E-state index contributed by atoms with van der Waals surface area (Å²) in [5, 5.41) is 21.5. The minimum absolute atomic E-state index is 0.0404. The molecule has 0 aromatic heterocycles. The number of hydrogen-bond donors (Lipinski definition) is 3. The number of thioether (sulfide) groups is 1. The summed E-state index contributed by atoms with van der Waals surface area (Å²) in [6, 6.07) is 28.4. The average Bonchev–Trinajstić information content (AvgIpc) is 3.66. The van der Waals surface area contributed by atoms with Crippen LogP contribution in [0, 0.1) is 5.92 Å². The van der Waals surface area contributed by atoms with Crippen LogP contribution in [0.1, 0.15) is 64.8 Å². The van der Waals surface area contributed by atoms with Crippen LogP contribution in [0.25, 0.3) is 11.1 Å². The first-order valence-corrected chi connectivity index (χ1v) is 18.2. The van der Waals surface area contributed by atoms with Crippen LogP contribution in [0.2, 0.25) is 0 Å². The van der Waals surface area contributed by atoms with Gasteiger partial charge in [-0.1, -0.05) is 73.7 Å². The summed E-state index contributed by atoms with van der Waals surface area (Å²) in [6.45, 7) is 1.98. The van der Waals surface area contributed by atoms with Crippen LogP contribution in [0.3, 0.4) is 0 Å². The number of amides is 2. The molecule has 2 saturated heterocycles. The number of carboxylic acid groups (broad SMARTS) is 1. The van der Waals surface area contributed by atoms with Gasteiger partial charge < -0.3 is 29.9 Å². The molecule has 5 atom stereocenters. The Labute approximate surface area is 309 Å². The molecule has 278 valence electrons. The number of carbonyl (C=O) groups is 3. The third-order valence-corrected chi connectivity index (χ3v) is 10.7. The van der Waals surface area contributed by atoms with Crippen molar-refractivity contribution in [1.82, 2.24) is 10.2 Å². The Morgan fingerprint density at radius 2 is 1.58 bits per heavy atom. The fourth-order valence-electron chi connectivity index (χ4n) is 6.63. The summed E-state index contributed by atoms with van der Waals surface area (Å²) in [7, 11) is 0. The summed E-state index contributed by atoms with van der Waals surface area (Å²) >= 11 is 1.57. The van der Waals surface area contributed by atoms with Crippen LogP contribution < -0.4 is 5.32 Å². The van der Waals surface area contributed by atoms with Gasteiger partial charge >= 0.3 is 18.1 Å². The third-order valence-electron chi connectivity index (χ3n) is 9.61. The second-order valence-corrected chi connectivity index (χ2v) is 14.3. The first-order valence-electron chi connectivity index (χ1n) is 17.2. The number of nitrogens with zero attached hydrogens (tertiary/aromatic N) is 1. The van der Waals surface area contributed by atoms with E-state index < -0.39 is 36.3 Å². The van der Waals surface area contributed by atoms with E-state index in [1.807, 2.05) is 72.8 Å². The van der Waals surface area contributed by atoms with Crippen molar-refractivity contribution in [1.29, 1.82) is 0 Å². The minimum atomic E-state index is -5.03. The van der Waals surface area contributed by atoms with Crippen molar-refractivity contribution in [3.63, 3.8) is 0 Å². The minimum Gasteiger partial charge on any atom is -0.478 e. The van der Waals surface area contributed by atoms with Crippen LogP contribution in [0.4, 0.5) is 13.2 Å². The molecule has 0 spiro atoms. The van der Waals surface area contributed by atoms with E-state index >= 15 is 0 Å². The van der Waals surface area contributed by atoms with Crippen LogP contribution in [0.15, 0.2) is 102 Å². The summed E-state index contributed by atoms with van der Waals surface area (Å²) in [6.07, 6.45) is -5.76. The van der Waals surface area contributed by atoms with Gasteiger partial charge in [-0.2, -0.15) is 13.2 Å². The van der Waals surface area contributed by atoms with E-state index in [4.69, 9.17) is 9.47 Å². The van der Waals surface area contributed by atoms with E-state index in [2.05, 4.69) is 12.2 Å². The molecular weight excluding hydrogens is 710 g/mol. The molecule has 4 aromatic rings. The molecule has 0 unspecified atom stereocenters. The number of carbonyl (C=O) groups excluding carboxylic acids is 2. The van der Waals surface area contributed by atoms with Crippen molar-refractivity contribution >= 4 is 29.5 Å². The number of hydrogen-bond acceptors (Lipinski definition) is 7. The Morgan fingerprint density at radius 1 is 0.887 bits per heavy atom. The molecule has 13 heteroatoms. The molecule has 3 N–H and O–H groups in total. The standard InChI is InChI=1S/C40H39F3N2O7S/c1-24-34(23-53-32-17-15-29(16-18-32)37(48)49)51-38(52-35(24)28-9-7-25(22-46)8-10-28)30-13-11-27(12-14-30)31-5-2-4-26(20-31)21-44-36(47)33-6-3-19-45(33)39(50)40(41,42)43/h2,4-5,7-18,20,24,33-35,38,46H,3,6,19,21-23H2,1H3,(H,44,47)(H,48,49)/t24-,33+,34+,35+,38+/m1/s1. The molecule has 2 aliphatic heterocycles. The van der Waals surface area contributed by atoms with Crippen LogP contribution in [-0.2, 0) is 32.2 Å². The van der Waals surface area contributed by atoms with Crippen LogP contribution >= 0.6 is 11.8 Å². The molecule has 0 aliphatic carbocycles. The summed E-state index contributed by atoms with van der Waals surface area (Å²) in [5.41, 5.74) is 5.26. The molecule has 2 amide bonds. The zero-order chi connectivity index (χ0) is 37.7. The molecule has 4 aromatic carbocycles. The Kier molecular flexibility index (Phi) is 11.9. The van der Waals surface area contributed by atoms with Gasteiger partial charge in [-0.25, -0.2) is 4.79 Å². The number of rotatable bonds is 11. The predicted octanol–water partition coefficient (Wildman–Crippen LogP) is 7.30. The Balaban J connectivity index is 1.14. The lowest BCUT2D eigenvalue weighted by atomic mass is 9.91. The third kappa shape index (κ3) is 9.10. The Morgan fingerprint density at radius 3 is 2.25 bits per heavy atom. The second-order valence-electron chi connectivity index (χ2n) is 13.2. The largest absolute Gasteiger partial charge is 0.478 e. The van der Waals surface area contributed by atoms with E-state index in [0.29, 0.717) is 17.1 Å². The lowest BCUT2D eigenvalue weighted by molar-refractivity contribution is -0.268. The van der Waals surface area contributed by atoms with Gasteiger partial charge in [0, 0.05) is 35.2 Å². The first kappa shape index (κ1) is 38.0. The molecule has 0 radical (unpaired) electrons. The van der Waals surface area contributed by atoms with Crippen molar-refractivity contribution in [2.75, 3.05) is 12.3 Å². The number of ether oxygens (including phenoxy) is 2. The molecule has 0 saturated carbocycles. The highest BCUT2D eigenvalue weighted by molar-refractivity contribution is 7.99. The summed E-state index contributed by atoms with van der Waals surface area (Å²) in [4.78, 5) is 37.4. The maximum Gasteiger partial charge on any atom is 0.471 e. The Hall–Kier alpha value is -4.69. The number of alkyl halides is 3. The van der Waals surface area contributed by atoms with E-state index in [0.717, 1.165) is 38.3 Å². The van der Waals surface area contributed by atoms with Gasteiger partial charge in [0.1, 0.15) is 6.04 Å². The number of aliphatic hydroxyl groups excluding tert-OH is 1. The fraction of sp³-hybridized carbons (Fsp3) is 0.325. The number of likely N-dealkylation sites (tertiary alicyclic amines) is 1. The lowest BCUT2D eigenvalue weighted by Crippen LogP contribution is -2.50. The number of carboxylic acids is 1. The number of halogens is 3. The van der Waals surface area contributed by atoms with Gasteiger partial charge in [0.25, 0.3) is 0 Å². The molecule has 6 rings (SSSR count). The van der Waals surface area contributed by atoms with Gasteiger partial charge in [-0.05, 0) is 71.0 Å². The fourth-order valence-corrected chi connectivity index (χ4v) is 7.70. The highest BCUT2D eigenvalue weighted by atomic mass is 32.2. The van der Waals surface area contributed by atoms with Crippen molar-refractivity contribution in [3.05, 3.63) is 125 Å². The van der Waals surface area contributed by atoms with Crippen molar-refractivity contribution in [2.45, 2.75) is 68.5 Å². The zero-order valence-corrected chi connectivity index (χ0v) is 29.6. The molecule has 9 nitrogen and oxygen atoms in total. The molecule has 2 fully saturated rings. The number of aliphatic hydroxyl groups is 1. The van der Waals surface area contributed by atoms with Crippen molar-refractivity contribution in [3.8, 4) is 11.1 Å². The van der Waals surface area contributed by atoms with E-state index in [-0.39, 0.29) is 49.8 Å². The molecule has 2 aliphatic rings. The van der Waals surface area contributed by atoms with Gasteiger partial charge in [-0.3, -0.25) is 9.59 Å². The van der Waals surface area contributed by atoms with E-state index in [9.17, 15) is 37.8 Å².